The molecular weight excluding hydrogens is 356 g/mol. The number of hydrogen-bond donors (Lipinski definition) is 1. The van der Waals surface area contributed by atoms with E-state index in [1.54, 1.807) is 24.3 Å². The predicted molar refractivity (Wildman–Crippen MR) is 97.0 cm³/mol. The van der Waals surface area contributed by atoms with E-state index in [2.05, 4.69) is 5.32 Å². The van der Waals surface area contributed by atoms with E-state index in [-0.39, 0.29) is 4.90 Å². The number of benzene rings is 2. The number of nitrogens with zero attached hydrogens (tertiary/aromatic N) is 1. The van der Waals surface area contributed by atoms with Gasteiger partial charge in [-0.05, 0) is 24.3 Å². The molecule has 0 radical (unpaired) electrons. The molecule has 0 atom stereocenters. The molecule has 0 fully saturated rings. The number of nitriles is 1. The fourth-order valence-electron chi connectivity index (χ4n) is 2.09. The van der Waals surface area contributed by atoms with Crippen molar-refractivity contribution in [3.63, 3.8) is 0 Å². The lowest BCUT2D eigenvalue weighted by Gasteiger charge is -2.09. The summed E-state index contributed by atoms with van der Waals surface area (Å²) in [6.07, 6.45) is 1.13. The van der Waals surface area contributed by atoms with Gasteiger partial charge in [0.25, 0.3) is 0 Å². The van der Waals surface area contributed by atoms with Crippen LogP contribution in [0.5, 0.6) is 17.2 Å². The Hall–Kier alpha value is -3.18. The lowest BCUT2D eigenvalue weighted by atomic mass is 10.3. The molecule has 8 heteroatoms. The molecule has 0 aliphatic heterocycles. The van der Waals surface area contributed by atoms with Crippen LogP contribution in [-0.4, -0.2) is 29.7 Å². The van der Waals surface area contributed by atoms with Crippen molar-refractivity contribution in [3.05, 3.63) is 53.6 Å². The fourth-order valence-corrected chi connectivity index (χ4v) is 3.17. The fraction of sp³-hybridized carbons (Fsp3) is 0.167. The minimum absolute atomic E-state index is 0.00359. The summed E-state index contributed by atoms with van der Waals surface area (Å²) in [7, 11) is 0.531. The van der Waals surface area contributed by atoms with Crippen LogP contribution in [0.3, 0.4) is 0 Å². The quantitative estimate of drug-likeness (QED) is 0.744. The van der Waals surface area contributed by atoms with Crippen LogP contribution >= 0.6 is 0 Å². The first-order chi connectivity index (χ1) is 12.4. The molecule has 1 N–H and O–H groups in total. The molecule has 0 saturated heterocycles. The number of ether oxygens (including phenoxy) is 3. The number of anilines is 1. The molecule has 0 bridgehead atoms. The molecule has 0 aliphatic rings. The molecule has 2 aromatic rings. The Kier molecular flexibility index (Phi) is 6.09. The van der Waals surface area contributed by atoms with Gasteiger partial charge in [0.05, 0.1) is 26.2 Å². The van der Waals surface area contributed by atoms with Crippen LogP contribution in [0.2, 0.25) is 0 Å². The lowest BCUT2D eigenvalue weighted by molar-refractivity contribution is 0.395. The molecular formula is C18H18N2O5S. The highest BCUT2D eigenvalue weighted by Gasteiger charge is 2.21. The van der Waals surface area contributed by atoms with Crippen LogP contribution in [0.4, 0.5) is 5.69 Å². The summed E-state index contributed by atoms with van der Waals surface area (Å²) in [5.41, 5.74) is 0.513. The largest absolute Gasteiger partial charge is 0.497 e. The van der Waals surface area contributed by atoms with Crippen molar-refractivity contribution in [2.45, 2.75) is 4.90 Å². The van der Waals surface area contributed by atoms with Crippen molar-refractivity contribution >= 4 is 15.5 Å². The molecule has 7 nitrogen and oxygen atoms in total. The number of nitrogens with one attached hydrogen (secondary N) is 1. The summed E-state index contributed by atoms with van der Waals surface area (Å²) in [4.78, 5) is -0.430. The molecule has 0 unspecified atom stereocenters. The minimum Gasteiger partial charge on any atom is -0.497 e. The van der Waals surface area contributed by atoms with Crippen LogP contribution in [0.25, 0.3) is 0 Å². The molecule has 26 heavy (non-hydrogen) atoms. The molecule has 0 amide bonds. The smallest absolute Gasteiger partial charge is 0.218 e. The number of sulfone groups is 1. The SMILES string of the molecule is COc1ccc(S(=O)(=O)/C(C#N)=C\Nc2cc(OC)cc(OC)c2)cc1. The Morgan fingerprint density at radius 2 is 1.50 bits per heavy atom. The molecule has 2 aromatic carbocycles. The van der Waals surface area contributed by atoms with Gasteiger partial charge in [-0.15, -0.1) is 0 Å². The number of hydrogen-bond acceptors (Lipinski definition) is 7. The van der Waals surface area contributed by atoms with Gasteiger partial charge in [-0.1, -0.05) is 0 Å². The zero-order chi connectivity index (χ0) is 19.2. The average Bonchev–Trinajstić information content (AvgIpc) is 2.67. The first kappa shape index (κ1) is 19.1. The van der Waals surface area contributed by atoms with Crippen LogP contribution in [0.15, 0.2) is 58.5 Å². The normalized spacial score (nSPS) is 11.4. The van der Waals surface area contributed by atoms with Crippen molar-refractivity contribution in [1.82, 2.24) is 0 Å². The highest BCUT2D eigenvalue weighted by atomic mass is 32.2. The van der Waals surface area contributed by atoms with E-state index in [9.17, 15) is 13.7 Å². The van der Waals surface area contributed by atoms with Crippen molar-refractivity contribution < 1.29 is 22.6 Å². The van der Waals surface area contributed by atoms with Crippen molar-refractivity contribution in [2.75, 3.05) is 26.6 Å². The highest BCUT2D eigenvalue weighted by molar-refractivity contribution is 7.95. The Bertz CT molecular complexity index is 922. The molecule has 0 heterocycles. The van der Waals surface area contributed by atoms with Gasteiger partial charge >= 0.3 is 0 Å². The van der Waals surface area contributed by atoms with Gasteiger partial charge in [0.1, 0.15) is 23.3 Å². The molecule has 136 valence electrons. The Balaban J connectivity index is 2.33. The second kappa shape index (κ2) is 8.27. The maximum absolute atomic E-state index is 12.6. The molecule has 0 aromatic heterocycles. The monoisotopic (exact) mass is 374 g/mol. The number of allylic oxidation sites excluding steroid dienone is 1. The Labute approximate surface area is 152 Å². The van der Waals surface area contributed by atoms with Crippen LogP contribution in [0, 0.1) is 11.3 Å². The van der Waals surface area contributed by atoms with E-state index in [1.165, 1.54) is 45.6 Å². The van der Waals surface area contributed by atoms with Gasteiger partial charge in [0, 0.05) is 30.1 Å². The summed E-state index contributed by atoms with van der Waals surface area (Å²) in [6, 6.07) is 12.5. The second-order valence-electron chi connectivity index (χ2n) is 5.05. The zero-order valence-electron chi connectivity index (χ0n) is 14.5. The Morgan fingerprint density at radius 1 is 0.962 bits per heavy atom. The van der Waals surface area contributed by atoms with E-state index in [0.29, 0.717) is 22.9 Å². The standard InChI is InChI=1S/C18H18N2O5S/c1-23-14-4-6-17(7-5-14)26(21,22)18(11-19)12-20-13-8-15(24-2)10-16(9-13)25-3/h4-10,12,20H,1-3H3/b18-12-. The average molecular weight is 374 g/mol. The van der Waals surface area contributed by atoms with E-state index in [4.69, 9.17) is 14.2 Å². The predicted octanol–water partition coefficient (Wildman–Crippen LogP) is 2.96. The third-order valence-electron chi connectivity index (χ3n) is 3.49. The Morgan fingerprint density at radius 3 is 1.96 bits per heavy atom. The van der Waals surface area contributed by atoms with Crippen molar-refractivity contribution in [1.29, 1.82) is 5.26 Å². The second-order valence-corrected chi connectivity index (χ2v) is 6.96. The summed E-state index contributed by atoms with van der Waals surface area (Å²) in [5.74, 6) is 1.57. The third-order valence-corrected chi connectivity index (χ3v) is 5.17. The van der Waals surface area contributed by atoms with Gasteiger partial charge in [0.2, 0.25) is 9.84 Å². The zero-order valence-corrected chi connectivity index (χ0v) is 15.3. The summed E-state index contributed by atoms with van der Waals surface area (Å²) < 4.78 is 40.5. The van der Waals surface area contributed by atoms with Gasteiger partial charge < -0.3 is 19.5 Å². The third kappa shape index (κ3) is 4.26. The molecule has 0 saturated carbocycles. The summed E-state index contributed by atoms with van der Waals surface area (Å²) in [5, 5.41) is 12.1. The summed E-state index contributed by atoms with van der Waals surface area (Å²) in [6.45, 7) is 0. The van der Waals surface area contributed by atoms with Gasteiger partial charge in [-0.25, -0.2) is 8.42 Å². The van der Waals surface area contributed by atoms with Crippen molar-refractivity contribution in [3.8, 4) is 23.3 Å². The highest BCUT2D eigenvalue weighted by Crippen LogP contribution is 2.27. The van der Waals surface area contributed by atoms with E-state index >= 15 is 0 Å². The van der Waals surface area contributed by atoms with Gasteiger partial charge in [-0.3, -0.25) is 0 Å². The lowest BCUT2D eigenvalue weighted by Crippen LogP contribution is -2.06. The van der Waals surface area contributed by atoms with Crippen LogP contribution in [-0.2, 0) is 9.84 Å². The van der Waals surface area contributed by atoms with Crippen LogP contribution in [0.1, 0.15) is 0 Å². The van der Waals surface area contributed by atoms with Gasteiger partial charge in [0.15, 0.2) is 4.91 Å². The maximum atomic E-state index is 12.6. The molecule has 0 aliphatic carbocycles. The van der Waals surface area contributed by atoms with E-state index < -0.39 is 14.7 Å². The molecule has 0 spiro atoms. The number of rotatable bonds is 7. The first-order valence-electron chi connectivity index (χ1n) is 7.43. The topological polar surface area (TPSA) is 97.7 Å². The first-order valence-corrected chi connectivity index (χ1v) is 8.92. The molecule has 2 rings (SSSR count). The van der Waals surface area contributed by atoms with Gasteiger partial charge in [-0.2, -0.15) is 5.26 Å². The van der Waals surface area contributed by atoms with Crippen molar-refractivity contribution in [2.24, 2.45) is 0 Å². The maximum Gasteiger partial charge on any atom is 0.218 e. The minimum atomic E-state index is -3.96. The van der Waals surface area contributed by atoms with E-state index in [0.717, 1.165) is 6.20 Å². The van der Waals surface area contributed by atoms with Crippen LogP contribution < -0.4 is 19.5 Å². The van der Waals surface area contributed by atoms with E-state index in [1.807, 2.05) is 0 Å². The summed E-state index contributed by atoms with van der Waals surface area (Å²) >= 11 is 0. The number of methoxy groups -OCH3 is 3.